The highest BCUT2D eigenvalue weighted by Gasteiger charge is 2.43. The van der Waals surface area contributed by atoms with Crippen molar-refractivity contribution < 1.29 is 18.4 Å². The Balaban J connectivity index is 1.43. The molecule has 1 fully saturated rings. The van der Waals surface area contributed by atoms with Gasteiger partial charge in [0.2, 0.25) is 5.91 Å². The van der Waals surface area contributed by atoms with Gasteiger partial charge in [-0.3, -0.25) is 9.59 Å². The molecule has 1 unspecified atom stereocenters. The Morgan fingerprint density at radius 3 is 2.67 bits per heavy atom. The molecule has 0 bridgehead atoms. The quantitative estimate of drug-likeness (QED) is 0.581. The van der Waals surface area contributed by atoms with E-state index in [9.17, 15) is 18.4 Å². The Hall–Kier alpha value is -3.14. The van der Waals surface area contributed by atoms with E-state index < -0.39 is 29.2 Å². The number of carbonyl (C=O) groups is 2. The maximum Gasteiger partial charge on any atom is 0.270 e. The Morgan fingerprint density at radius 1 is 1.21 bits per heavy atom. The molecule has 2 amide bonds. The summed E-state index contributed by atoms with van der Waals surface area (Å²) in [5.74, 6) is -1.58. The van der Waals surface area contributed by atoms with Crippen LogP contribution in [0.5, 0.6) is 0 Å². The number of aromatic nitrogens is 4. The van der Waals surface area contributed by atoms with Gasteiger partial charge in [0.05, 0.1) is 29.1 Å². The van der Waals surface area contributed by atoms with Crippen LogP contribution in [0.1, 0.15) is 72.8 Å². The molecule has 1 atom stereocenters. The second-order valence-electron chi connectivity index (χ2n) is 9.14. The number of hydrogen-bond acceptors (Lipinski definition) is 5. The number of amides is 2. The molecule has 11 heteroatoms. The van der Waals surface area contributed by atoms with Crippen LogP contribution in [0.15, 0.2) is 24.5 Å². The maximum atomic E-state index is 13.6. The predicted molar refractivity (Wildman–Crippen MR) is 117 cm³/mol. The molecule has 33 heavy (non-hydrogen) atoms. The van der Waals surface area contributed by atoms with E-state index in [4.69, 9.17) is 11.6 Å². The lowest BCUT2D eigenvalue weighted by Crippen LogP contribution is -2.28. The number of pyridine rings is 1. The van der Waals surface area contributed by atoms with Crippen LogP contribution in [-0.2, 0) is 10.2 Å². The zero-order valence-corrected chi connectivity index (χ0v) is 18.7. The summed E-state index contributed by atoms with van der Waals surface area (Å²) in [6.07, 6.45) is 2.08. The Labute approximate surface area is 192 Å². The Kier molecular flexibility index (Phi) is 5.08. The minimum atomic E-state index is -2.91. The highest BCUT2D eigenvalue weighted by molar-refractivity contribution is 6.29. The third-order valence-corrected chi connectivity index (χ3v) is 6.26. The second-order valence-corrected chi connectivity index (χ2v) is 9.53. The van der Waals surface area contributed by atoms with Crippen LogP contribution in [-0.4, -0.2) is 37.4 Å². The van der Waals surface area contributed by atoms with Gasteiger partial charge in [0.1, 0.15) is 5.69 Å². The number of fused-ring (bicyclic) bond motifs is 3. The molecule has 2 aliphatic carbocycles. The molecule has 0 aromatic carbocycles. The molecule has 5 rings (SSSR count). The maximum absolute atomic E-state index is 13.6. The van der Waals surface area contributed by atoms with Crippen LogP contribution in [0.4, 0.5) is 14.5 Å². The van der Waals surface area contributed by atoms with Crippen LogP contribution in [0, 0.1) is 0 Å². The van der Waals surface area contributed by atoms with Gasteiger partial charge in [0.25, 0.3) is 12.3 Å². The highest BCUT2D eigenvalue weighted by atomic mass is 35.5. The predicted octanol–water partition coefficient (Wildman–Crippen LogP) is 4.01. The zero-order valence-electron chi connectivity index (χ0n) is 17.9. The fourth-order valence-corrected chi connectivity index (χ4v) is 4.59. The van der Waals surface area contributed by atoms with Gasteiger partial charge in [-0.05, 0) is 25.3 Å². The van der Waals surface area contributed by atoms with Crippen molar-refractivity contribution in [2.24, 2.45) is 0 Å². The van der Waals surface area contributed by atoms with Gasteiger partial charge < -0.3 is 10.6 Å². The Bertz CT molecular complexity index is 1290. The summed E-state index contributed by atoms with van der Waals surface area (Å²) in [6.45, 7) is 4.00. The SMILES string of the molecule is CC1(C)CC(C(=O)Nc2cnc(C(=O)NC3CC3)c(C(F)F)c2)c2cnc3cc(Cl)nn3c21. The first-order valence-electron chi connectivity index (χ1n) is 10.6. The molecule has 0 spiro atoms. The standard InChI is InChI=1S/C22H21ClF2N6O2/c1-22(2)7-13(14-9-26-16-6-15(23)30-31(16)18(14)22)20(32)29-11-5-12(19(24)25)17(27-8-11)21(33)28-10-3-4-10/h5-6,8-10,13,19H,3-4,7H2,1-2H3,(H,28,33)(H,29,32). The lowest BCUT2D eigenvalue weighted by Gasteiger charge is -2.19. The van der Waals surface area contributed by atoms with Crippen LogP contribution < -0.4 is 10.6 Å². The van der Waals surface area contributed by atoms with Crippen molar-refractivity contribution in [1.29, 1.82) is 0 Å². The number of hydrogen-bond donors (Lipinski definition) is 2. The van der Waals surface area contributed by atoms with E-state index in [0.717, 1.165) is 24.6 Å². The first-order chi connectivity index (χ1) is 15.6. The minimum absolute atomic E-state index is 0.0136. The topological polar surface area (TPSA) is 101 Å². The monoisotopic (exact) mass is 474 g/mol. The summed E-state index contributed by atoms with van der Waals surface area (Å²) in [5, 5.41) is 9.94. The summed E-state index contributed by atoms with van der Waals surface area (Å²) in [4.78, 5) is 33.7. The summed E-state index contributed by atoms with van der Waals surface area (Å²) in [6, 6.07) is 2.76. The molecule has 0 saturated heterocycles. The molecule has 2 N–H and O–H groups in total. The van der Waals surface area contributed by atoms with Crippen LogP contribution in [0.3, 0.4) is 0 Å². The van der Waals surface area contributed by atoms with Crippen LogP contribution in [0.25, 0.3) is 5.65 Å². The molecule has 3 heterocycles. The fourth-order valence-electron chi connectivity index (χ4n) is 4.42. The number of nitrogens with one attached hydrogen (secondary N) is 2. The second kappa shape index (κ2) is 7.72. The number of carbonyl (C=O) groups excluding carboxylic acids is 2. The number of rotatable bonds is 5. The van der Waals surface area contributed by atoms with E-state index in [1.165, 1.54) is 6.20 Å². The first-order valence-corrected chi connectivity index (χ1v) is 11.0. The molecule has 2 aliphatic rings. The largest absolute Gasteiger partial charge is 0.348 e. The van der Waals surface area contributed by atoms with E-state index in [-0.39, 0.29) is 23.3 Å². The molecular weight excluding hydrogens is 454 g/mol. The van der Waals surface area contributed by atoms with E-state index in [1.807, 2.05) is 13.8 Å². The molecule has 0 radical (unpaired) electrons. The van der Waals surface area contributed by atoms with Crippen LogP contribution >= 0.6 is 11.6 Å². The van der Waals surface area contributed by atoms with E-state index in [2.05, 4.69) is 25.7 Å². The van der Waals surface area contributed by atoms with Gasteiger partial charge in [0.15, 0.2) is 10.8 Å². The van der Waals surface area contributed by atoms with Crippen molar-refractivity contribution in [3.8, 4) is 0 Å². The van der Waals surface area contributed by atoms with E-state index >= 15 is 0 Å². The van der Waals surface area contributed by atoms with Crippen LogP contribution in [0.2, 0.25) is 5.15 Å². The van der Waals surface area contributed by atoms with E-state index in [0.29, 0.717) is 22.8 Å². The van der Waals surface area contributed by atoms with Gasteiger partial charge in [-0.1, -0.05) is 25.4 Å². The molecule has 1 saturated carbocycles. The van der Waals surface area contributed by atoms with Crippen molar-refractivity contribution in [2.75, 3.05) is 5.32 Å². The summed E-state index contributed by atoms with van der Waals surface area (Å²) >= 11 is 6.04. The number of alkyl halides is 2. The van der Waals surface area contributed by atoms with Gasteiger partial charge in [-0.2, -0.15) is 5.10 Å². The molecule has 3 aromatic heterocycles. The minimum Gasteiger partial charge on any atom is -0.348 e. The zero-order chi connectivity index (χ0) is 23.5. The van der Waals surface area contributed by atoms with Gasteiger partial charge in [0, 0.05) is 29.3 Å². The molecule has 3 aromatic rings. The van der Waals surface area contributed by atoms with Gasteiger partial charge in [-0.15, -0.1) is 0 Å². The number of anilines is 1. The van der Waals surface area contributed by atoms with Crippen molar-refractivity contribution >= 4 is 34.7 Å². The highest BCUT2D eigenvalue weighted by Crippen LogP contribution is 2.46. The van der Waals surface area contributed by atoms with Crippen molar-refractivity contribution in [3.63, 3.8) is 0 Å². The molecular formula is C22H21ClF2N6O2. The summed E-state index contributed by atoms with van der Waals surface area (Å²) in [5.41, 5.74) is 0.965. The van der Waals surface area contributed by atoms with Crippen molar-refractivity contribution in [2.45, 2.75) is 56.9 Å². The number of halogens is 3. The third kappa shape index (κ3) is 3.92. The third-order valence-electron chi connectivity index (χ3n) is 6.08. The molecule has 8 nitrogen and oxygen atoms in total. The Morgan fingerprint density at radius 2 is 1.97 bits per heavy atom. The van der Waals surface area contributed by atoms with E-state index in [1.54, 1.807) is 16.8 Å². The average molecular weight is 475 g/mol. The number of nitrogens with zero attached hydrogens (tertiary/aromatic N) is 4. The first kappa shape index (κ1) is 21.7. The van der Waals surface area contributed by atoms with Crippen molar-refractivity contribution in [1.82, 2.24) is 24.9 Å². The van der Waals surface area contributed by atoms with Gasteiger partial charge >= 0.3 is 0 Å². The van der Waals surface area contributed by atoms with Crippen molar-refractivity contribution in [3.05, 3.63) is 52.2 Å². The lowest BCUT2D eigenvalue weighted by molar-refractivity contribution is -0.117. The molecule has 172 valence electrons. The smallest absolute Gasteiger partial charge is 0.270 e. The summed E-state index contributed by atoms with van der Waals surface area (Å²) in [7, 11) is 0. The average Bonchev–Trinajstić information content (AvgIpc) is 3.40. The fraction of sp³-hybridized carbons (Fsp3) is 0.409. The normalized spacial score (nSPS) is 19.0. The lowest BCUT2D eigenvalue weighted by atomic mass is 9.88. The summed E-state index contributed by atoms with van der Waals surface area (Å²) < 4.78 is 28.9. The molecule has 0 aliphatic heterocycles. The van der Waals surface area contributed by atoms with Gasteiger partial charge in [-0.25, -0.2) is 23.3 Å².